The molecule has 0 radical (unpaired) electrons. The number of hydrogen-bond donors (Lipinski definition) is 0. The standard InChI is InChI=1S/C24H48O2P.ClH/c1-5-7-8-9-10-11-12-13-14-15-16-17-18-19-20-21-22-27(3,4)23-24(25)26-6-2;/h6H,2,5,7-23H2,1,3-4H3;1H/q+1;/p-1. The van der Waals surface area contributed by atoms with E-state index in [1.165, 1.54) is 115 Å². The van der Waals surface area contributed by atoms with Crippen LogP contribution < -0.4 is 12.4 Å². The zero-order valence-electron chi connectivity index (χ0n) is 19.2. The largest absolute Gasteiger partial charge is 1.00 e. The Morgan fingerprint density at radius 3 is 1.46 bits per heavy atom. The lowest BCUT2D eigenvalue weighted by molar-refractivity contribution is -0.135. The van der Waals surface area contributed by atoms with E-state index in [1.807, 2.05) is 0 Å². The van der Waals surface area contributed by atoms with Crippen molar-refractivity contribution in [1.82, 2.24) is 0 Å². The van der Waals surface area contributed by atoms with Crippen molar-refractivity contribution >= 4 is 13.2 Å². The molecule has 2 nitrogen and oxygen atoms in total. The summed E-state index contributed by atoms with van der Waals surface area (Å²) in [6.07, 6.45) is 25.5. The lowest BCUT2D eigenvalue weighted by Gasteiger charge is -2.16. The van der Waals surface area contributed by atoms with Crippen LogP contribution in [0.1, 0.15) is 110 Å². The minimum atomic E-state index is -1.14. The van der Waals surface area contributed by atoms with E-state index in [-0.39, 0.29) is 18.4 Å². The van der Waals surface area contributed by atoms with Gasteiger partial charge in [0.25, 0.3) is 0 Å². The fourth-order valence-electron chi connectivity index (χ4n) is 3.65. The van der Waals surface area contributed by atoms with Crippen LogP contribution in [0.4, 0.5) is 0 Å². The van der Waals surface area contributed by atoms with Crippen LogP contribution in [0.15, 0.2) is 12.8 Å². The lowest BCUT2D eigenvalue weighted by Crippen LogP contribution is -3.00. The van der Waals surface area contributed by atoms with Crippen LogP contribution in [0.3, 0.4) is 0 Å². The Balaban J connectivity index is 0. The summed E-state index contributed by atoms with van der Waals surface area (Å²) in [6, 6.07) is 0. The number of carbonyl (C=O) groups is 1. The van der Waals surface area contributed by atoms with Crippen LogP contribution >= 0.6 is 7.26 Å². The molecule has 0 aliphatic carbocycles. The molecule has 0 aliphatic heterocycles. The molecule has 0 atom stereocenters. The Morgan fingerprint density at radius 1 is 0.750 bits per heavy atom. The smallest absolute Gasteiger partial charge is 0.348 e. The van der Waals surface area contributed by atoms with E-state index in [9.17, 15) is 4.79 Å². The summed E-state index contributed by atoms with van der Waals surface area (Å²) in [5.41, 5.74) is 0. The van der Waals surface area contributed by atoms with Crippen molar-refractivity contribution in [3.05, 3.63) is 12.8 Å². The highest BCUT2D eigenvalue weighted by Crippen LogP contribution is 2.51. The molecule has 28 heavy (non-hydrogen) atoms. The Bertz CT molecular complexity index is 359. The molecule has 0 heterocycles. The predicted molar refractivity (Wildman–Crippen MR) is 124 cm³/mol. The van der Waals surface area contributed by atoms with Crippen LogP contribution in [0.2, 0.25) is 0 Å². The van der Waals surface area contributed by atoms with Crippen molar-refractivity contribution in [1.29, 1.82) is 0 Å². The van der Waals surface area contributed by atoms with Crippen LogP contribution in [-0.4, -0.2) is 31.6 Å². The maximum absolute atomic E-state index is 11.6. The Morgan fingerprint density at radius 2 is 1.11 bits per heavy atom. The Labute approximate surface area is 183 Å². The molecule has 0 amide bonds. The first kappa shape index (κ1) is 30.1. The van der Waals surface area contributed by atoms with Gasteiger partial charge in [0.05, 0.1) is 12.4 Å². The van der Waals surface area contributed by atoms with Gasteiger partial charge < -0.3 is 17.1 Å². The van der Waals surface area contributed by atoms with Crippen LogP contribution in [-0.2, 0) is 9.53 Å². The highest BCUT2D eigenvalue weighted by Gasteiger charge is 2.28. The van der Waals surface area contributed by atoms with Gasteiger partial charge in [0.1, 0.15) is 0 Å². The molecule has 4 heteroatoms. The summed E-state index contributed by atoms with van der Waals surface area (Å²) in [5.74, 6) is -0.111. The molecule has 0 N–H and O–H groups in total. The highest BCUT2D eigenvalue weighted by atomic mass is 35.5. The van der Waals surface area contributed by atoms with Gasteiger partial charge in [0.2, 0.25) is 0 Å². The van der Waals surface area contributed by atoms with Crippen LogP contribution in [0.5, 0.6) is 0 Å². The number of ether oxygens (including phenoxy) is 1. The van der Waals surface area contributed by atoms with Crippen molar-refractivity contribution < 1.29 is 21.9 Å². The molecule has 0 saturated heterocycles. The third-order valence-corrected chi connectivity index (χ3v) is 8.03. The predicted octanol–water partition coefficient (Wildman–Crippen LogP) is 5.22. The van der Waals surface area contributed by atoms with E-state index in [0.717, 1.165) is 0 Å². The molecule has 0 saturated carbocycles. The number of rotatable bonds is 20. The molecule has 168 valence electrons. The summed E-state index contributed by atoms with van der Waals surface area (Å²) < 4.78 is 4.86. The van der Waals surface area contributed by atoms with Crippen molar-refractivity contribution in [2.24, 2.45) is 0 Å². The second-order valence-corrected chi connectivity index (χ2v) is 13.4. The van der Waals surface area contributed by atoms with Gasteiger partial charge in [0.15, 0.2) is 6.16 Å². The van der Waals surface area contributed by atoms with Gasteiger partial charge in [-0.15, -0.1) is 0 Å². The zero-order valence-corrected chi connectivity index (χ0v) is 20.8. The fraction of sp³-hybridized carbons (Fsp3) is 0.875. The minimum absolute atomic E-state index is 0. The Hall–Kier alpha value is -0.0700. The molecule has 0 fully saturated rings. The topological polar surface area (TPSA) is 26.3 Å². The van der Waals surface area contributed by atoms with Crippen LogP contribution in [0.25, 0.3) is 0 Å². The third-order valence-electron chi connectivity index (χ3n) is 5.39. The molecular weight excluding hydrogens is 387 g/mol. The summed E-state index contributed by atoms with van der Waals surface area (Å²) >= 11 is 0. The molecule has 0 aromatic heterocycles. The summed E-state index contributed by atoms with van der Waals surface area (Å²) in [6.45, 7) is 10.3. The average molecular weight is 435 g/mol. The average Bonchev–Trinajstić information content (AvgIpc) is 2.61. The van der Waals surface area contributed by atoms with Crippen molar-refractivity contribution in [3.63, 3.8) is 0 Å². The van der Waals surface area contributed by atoms with Gasteiger partial charge in [-0.3, -0.25) is 0 Å². The maximum atomic E-state index is 11.6. The Kier molecular flexibility index (Phi) is 23.3. The quantitative estimate of drug-likeness (QED) is 0.114. The minimum Gasteiger partial charge on any atom is -1.00 e. The fourth-order valence-corrected chi connectivity index (χ4v) is 5.66. The van der Waals surface area contributed by atoms with Gasteiger partial charge in [-0.25, -0.2) is 4.79 Å². The summed E-state index contributed by atoms with van der Waals surface area (Å²) in [7, 11) is -1.14. The molecular formula is C24H48ClO2P. The second kappa shape index (κ2) is 21.6. The molecule has 0 bridgehead atoms. The van der Waals surface area contributed by atoms with E-state index >= 15 is 0 Å². The van der Waals surface area contributed by atoms with Gasteiger partial charge in [-0.2, -0.15) is 0 Å². The van der Waals surface area contributed by atoms with Crippen molar-refractivity contribution in [2.45, 2.75) is 110 Å². The maximum Gasteiger partial charge on any atom is 0.348 e. The van der Waals surface area contributed by atoms with Crippen LogP contribution in [0, 0.1) is 0 Å². The normalized spacial score (nSPS) is 11.1. The van der Waals surface area contributed by atoms with Gasteiger partial charge in [-0.05, 0) is 12.8 Å². The van der Waals surface area contributed by atoms with Gasteiger partial charge in [0, 0.05) is 20.6 Å². The SMILES string of the molecule is C=COC(=O)C[P+](C)(C)CCCCCCCCCCCCCCCCCC.[Cl-]. The number of unbranched alkanes of at least 4 members (excludes halogenated alkanes) is 15. The van der Waals surface area contributed by atoms with E-state index < -0.39 is 7.26 Å². The van der Waals surface area contributed by atoms with E-state index in [1.54, 1.807) is 0 Å². The molecule has 0 unspecified atom stereocenters. The first-order valence-corrected chi connectivity index (χ1v) is 14.7. The highest BCUT2D eigenvalue weighted by molar-refractivity contribution is 7.75. The van der Waals surface area contributed by atoms with Crippen molar-refractivity contribution in [2.75, 3.05) is 25.7 Å². The summed E-state index contributed by atoms with van der Waals surface area (Å²) in [5, 5.41) is 0. The summed E-state index contributed by atoms with van der Waals surface area (Å²) in [4.78, 5) is 11.6. The lowest BCUT2D eigenvalue weighted by atomic mass is 10.0. The first-order valence-electron chi connectivity index (χ1n) is 11.6. The van der Waals surface area contributed by atoms with E-state index in [4.69, 9.17) is 4.74 Å². The van der Waals surface area contributed by atoms with Gasteiger partial charge in [-0.1, -0.05) is 103 Å². The first-order chi connectivity index (χ1) is 13.0. The second-order valence-electron chi connectivity index (χ2n) is 8.78. The zero-order chi connectivity index (χ0) is 20.2. The van der Waals surface area contributed by atoms with E-state index in [0.29, 0.717) is 6.16 Å². The molecule has 0 rings (SSSR count). The monoisotopic (exact) mass is 434 g/mol. The number of hydrogen-bond acceptors (Lipinski definition) is 2. The molecule has 0 spiro atoms. The van der Waals surface area contributed by atoms with Gasteiger partial charge >= 0.3 is 5.97 Å². The van der Waals surface area contributed by atoms with E-state index in [2.05, 4.69) is 26.8 Å². The number of halogens is 1. The third kappa shape index (κ3) is 22.2. The molecule has 0 aliphatic rings. The number of carbonyl (C=O) groups excluding carboxylic acids is 1. The molecule has 0 aromatic rings. The van der Waals surface area contributed by atoms with Crippen molar-refractivity contribution in [3.8, 4) is 0 Å². The molecule has 0 aromatic carbocycles. The number of esters is 1.